The highest BCUT2D eigenvalue weighted by molar-refractivity contribution is 7.45. The minimum absolute atomic E-state index is 0.00763. The Hall–Kier alpha value is -1.28. The molecule has 0 saturated heterocycles. The number of unbranched alkanes of at least 4 members (excludes halogenated alkanes) is 36. The molecule has 0 rings (SSSR count). The van der Waals surface area contributed by atoms with E-state index in [0.29, 0.717) is 17.4 Å². The van der Waals surface area contributed by atoms with Gasteiger partial charge in [0.05, 0.1) is 39.9 Å². The SMILES string of the molecule is CCCCCC/C=C\CCCCCCCC(=O)NC(COP(=O)([O-])OCC[N+](C)(C)C)C(O)/C=C/CC/C=C/CCCCCCCCCCCCCCCCCCCCCCCCCCCC. The molecule has 0 heterocycles. The summed E-state index contributed by atoms with van der Waals surface area (Å²) in [4.78, 5) is 25.4. The topological polar surface area (TPSA) is 108 Å². The maximum atomic E-state index is 12.9. The summed E-state index contributed by atoms with van der Waals surface area (Å²) in [6.07, 6.45) is 63.9. The lowest BCUT2D eigenvalue weighted by atomic mass is 10.0. The van der Waals surface area contributed by atoms with Crippen molar-refractivity contribution in [3.63, 3.8) is 0 Å². The molecule has 0 aromatic carbocycles. The van der Waals surface area contributed by atoms with E-state index in [4.69, 9.17) is 9.05 Å². The number of allylic oxidation sites excluding steroid dienone is 5. The van der Waals surface area contributed by atoms with Gasteiger partial charge in [0.1, 0.15) is 13.2 Å². The molecule has 2 N–H and O–H groups in total. The second-order valence-corrected chi connectivity index (χ2v) is 22.4. The molecule has 0 spiro atoms. The maximum Gasteiger partial charge on any atom is 0.268 e. The van der Waals surface area contributed by atoms with Crippen LogP contribution in [-0.4, -0.2) is 68.5 Å². The molecule has 3 unspecified atom stereocenters. The van der Waals surface area contributed by atoms with Crippen LogP contribution in [0.2, 0.25) is 0 Å². The van der Waals surface area contributed by atoms with Gasteiger partial charge in [-0.05, 0) is 57.8 Å². The first kappa shape index (κ1) is 65.7. The molecule has 3 atom stereocenters. The molecule has 0 aliphatic heterocycles. The lowest BCUT2D eigenvalue weighted by Gasteiger charge is -2.29. The zero-order valence-electron chi connectivity index (χ0n) is 45.1. The number of likely N-dealkylation sites (N-methyl/N-ethyl adjacent to an activating group) is 1. The molecule has 0 aliphatic rings. The van der Waals surface area contributed by atoms with Crippen LogP contribution in [-0.2, 0) is 18.4 Å². The monoisotopic (exact) mass is 965 g/mol. The van der Waals surface area contributed by atoms with Gasteiger partial charge in [0.2, 0.25) is 5.91 Å². The van der Waals surface area contributed by atoms with Gasteiger partial charge in [-0.2, -0.15) is 0 Å². The fourth-order valence-corrected chi connectivity index (χ4v) is 9.24. The molecule has 0 aromatic rings. The van der Waals surface area contributed by atoms with Gasteiger partial charge in [0, 0.05) is 6.42 Å². The smallest absolute Gasteiger partial charge is 0.268 e. The van der Waals surface area contributed by atoms with Crippen LogP contribution >= 0.6 is 7.82 Å². The molecule has 0 fully saturated rings. The Morgan fingerprint density at radius 3 is 1.22 bits per heavy atom. The molecule has 1 amide bonds. The first-order valence-corrected chi connectivity index (χ1v) is 30.3. The lowest BCUT2D eigenvalue weighted by molar-refractivity contribution is -0.870. The third-order valence-corrected chi connectivity index (χ3v) is 14.0. The first-order chi connectivity index (χ1) is 32.5. The van der Waals surface area contributed by atoms with Crippen LogP contribution in [0.3, 0.4) is 0 Å². The molecule has 0 radical (unpaired) electrons. The number of hydrogen-bond acceptors (Lipinski definition) is 6. The first-order valence-electron chi connectivity index (χ1n) is 28.9. The van der Waals surface area contributed by atoms with E-state index in [1.807, 2.05) is 27.2 Å². The van der Waals surface area contributed by atoms with Crippen LogP contribution in [0.15, 0.2) is 36.5 Å². The number of amides is 1. The molecule has 0 aromatic heterocycles. The summed E-state index contributed by atoms with van der Waals surface area (Å²) in [6, 6.07) is -0.907. The van der Waals surface area contributed by atoms with Gasteiger partial charge >= 0.3 is 0 Å². The average Bonchev–Trinajstić information content (AvgIpc) is 3.29. The molecule has 0 bridgehead atoms. The highest BCUT2D eigenvalue weighted by Gasteiger charge is 2.23. The number of nitrogens with zero attached hydrogens (tertiary/aromatic N) is 1. The van der Waals surface area contributed by atoms with Crippen LogP contribution in [0.4, 0.5) is 0 Å². The molecule has 8 nitrogen and oxygen atoms in total. The Balaban J connectivity index is 4.10. The zero-order chi connectivity index (χ0) is 49.2. The fourth-order valence-electron chi connectivity index (χ4n) is 8.52. The van der Waals surface area contributed by atoms with E-state index < -0.39 is 26.6 Å². The predicted molar refractivity (Wildman–Crippen MR) is 288 cm³/mol. The molecule has 0 aliphatic carbocycles. The van der Waals surface area contributed by atoms with Crippen LogP contribution in [0.5, 0.6) is 0 Å². The second kappa shape index (κ2) is 49.7. The van der Waals surface area contributed by atoms with E-state index in [9.17, 15) is 19.4 Å². The van der Waals surface area contributed by atoms with Crippen LogP contribution in [0.25, 0.3) is 0 Å². The number of quaternary nitrogens is 1. The van der Waals surface area contributed by atoms with Gasteiger partial charge in [-0.3, -0.25) is 9.36 Å². The minimum Gasteiger partial charge on any atom is -0.756 e. The third-order valence-electron chi connectivity index (χ3n) is 13.1. The minimum atomic E-state index is -4.60. The van der Waals surface area contributed by atoms with E-state index in [0.717, 1.165) is 57.8 Å². The largest absolute Gasteiger partial charge is 0.756 e. The Labute approximate surface area is 417 Å². The van der Waals surface area contributed by atoms with E-state index in [1.54, 1.807) is 6.08 Å². The standard InChI is InChI=1S/C58H113N2O6P/c1-6-8-10-12-14-16-18-20-21-22-23-24-25-26-27-28-29-30-31-32-33-34-35-36-37-38-40-41-43-45-47-49-51-57(61)56(55-66-67(63,64)65-54-53-60(3,4)5)59-58(62)52-50-48-46-44-42-39-19-17-15-13-11-9-7-2/h17,19,41,43,49,51,56-57,61H,6-16,18,20-40,42,44-48,50,52-55H2,1-5H3,(H-,59,62,63,64)/b19-17-,43-41+,51-49+. The Morgan fingerprint density at radius 2 is 0.836 bits per heavy atom. The number of nitrogens with one attached hydrogen (secondary N) is 1. The van der Waals surface area contributed by atoms with Crippen molar-refractivity contribution in [2.75, 3.05) is 40.9 Å². The van der Waals surface area contributed by atoms with E-state index in [2.05, 4.69) is 43.5 Å². The van der Waals surface area contributed by atoms with Gasteiger partial charge in [-0.15, -0.1) is 0 Å². The predicted octanol–water partition coefficient (Wildman–Crippen LogP) is 16.7. The van der Waals surface area contributed by atoms with Crippen molar-refractivity contribution in [1.29, 1.82) is 0 Å². The van der Waals surface area contributed by atoms with Crippen LogP contribution < -0.4 is 10.2 Å². The number of hydrogen-bond donors (Lipinski definition) is 2. The highest BCUT2D eigenvalue weighted by atomic mass is 31.2. The van der Waals surface area contributed by atoms with Crippen molar-refractivity contribution in [3.8, 4) is 0 Å². The van der Waals surface area contributed by atoms with E-state index in [-0.39, 0.29) is 12.5 Å². The van der Waals surface area contributed by atoms with Crippen LogP contribution in [0.1, 0.15) is 277 Å². The zero-order valence-corrected chi connectivity index (χ0v) is 46.0. The summed E-state index contributed by atoms with van der Waals surface area (Å²) in [6.45, 7) is 4.63. The normalized spacial score (nSPS) is 14.2. The number of aliphatic hydroxyl groups excluding tert-OH is 1. The Bertz CT molecular complexity index is 1190. The Kier molecular flexibility index (Phi) is 48.7. The summed E-state index contributed by atoms with van der Waals surface area (Å²) in [5.41, 5.74) is 0. The number of carbonyl (C=O) groups is 1. The highest BCUT2D eigenvalue weighted by Crippen LogP contribution is 2.38. The van der Waals surface area contributed by atoms with Gasteiger partial charge in [-0.25, -0.2) is 0 Å². The molecule has 0 saturated carbocycles. The van der Waals surface area contributed by atoms with Gasteiger partial charge in [0.25, 0.3) is 7.82 Å². The van der Waals surface area contributed by atoms with Gasteiger partial charge < -0.3 is 28.8 Å². The molecular weight excluding hydrogens is 852 g/mol. The van der Waals surface area contributed by atoms with Crippen molar-refractivity contribution < 1.29 is 32.9 Å². The van der Waals surface area contributed by atoms with Crippen LogP contribution in [0, 0.1) is 0 Å². The molecule has 67 heavy (non-hydrogen) atoms. The summed E-state index contributed by atoms with van der Waals surface area (Å²) in [7, 11) is 1.24. The Morgan fingerprint density at radius 1 is 0.507 bits per heavy atom. The van der Waals surface area contributed by atoms with Crippen molar-refractivity contribution >= 4 is 13.7 Å². The molecule has 9 heteroatoms. The summed E-state index contributed by atoms with van der Waals surface area (Å²) >= 11 is 0. The fraction of sp³-hybridized carbons (Fsp3) is 0.879. The van der Waals surface area contributed by atoms with E-state index >= 15 is 0 Å². The summed E-state index contributed by atoms with van der Waals surface area (Å²) in [5, 5.41) is 13.8. The number of phosphoric ester groups is 1. The molecule has 396 valence electrons. The summed E-state index contributed by atoms with van der Waals surface area (Å²) < 4.78 is 23.3. The number of aliphatic hydroxyl groups is 1. The number of rotatable bonds is 53. The van der Waals surface area contributed by atoms with Gasteiger partial charge in [0.15, 0.2) is 0 Å². The van der Waals surface area contributed by atoms with Crippen molar-refractivity contribution in [2.24, 2.45) is 0 Å². The number of phosphoric acid groups is 1. The lowest BCUT2D eigenvalue weighted by Crippen LogP contribution is -2.45. The van der Waals surface area contributed by atoms with E-state index in [1.165, 1.54) is 199 Å². The second-order valence-electron chi connectivity index (χ2n) is 21.0. The maximum absolute atomic E-state index is 12.9. The summed E-state index contributed by atoms with van der Waals surface area (Å²) in [5.74, 6) is -0.215. The molecular formula is C58H113N2O6P. The van der Waals surface area contributed by atoms with Gasteiger partial charge in [-0.1, -0.05) is 249 Å². The van der Waals surface area contributed by atoms with Crippen molar-refractivity contribution in [1.82, 2.24) is 5.32 Å². The average molecular weight is 966 g/mol. The number of carbonyl (C=O) groups excluding carboxylic acids is 1. The third kappa shape index (κ3) is 52.4. The quantitative estimate of drug-likeness (QED) is 0.0272. The van der Waals surface area contributed by atoms with Crippen molar-refractivity contribution in [2.45, 2.75) is 289 Å². The van der Waals surface area contributed by atoms with Crippen molar-refractivity contribution in [3.05, 3.63) is 36.5 Å².